The molecule has 0 aliphatic rings. The van der Waals surface area contributed by atoms with Gasteiger partial charge in [0, 0.05) is 11.1 Å². The molecule has 22 heavy (non-hydrogen) atoms. The Bertz CT molecular complexity index is 932. The Morgan fingerprint density at radius 3 is 2.41 bits per heavy atom. The third-order valence-corrected chi connectivity index (χ3v) is 4.62. The van der Waals surface area contributed by atoms with Crippen LogP contribution in [0.5, 0.6) is 5.75 Å². The molecule has 2 N–H and O–H groups in total. The summed E-state index contributed by atoms with van der Waals surface area (Å²) in [6, 6.07) is 17.0. The summed E-state index contributed by atoms with van der Waals surface area (Å²) in [6.45, 7) is 1.90. The van der Waals surface area contributed by atoms with E-state index in [9.17, 15) is 8.42 Å². The van der Waals surface area contributed by atoms with Crippen molar-refractivity contribution < 1.29 is 12.6 Å². The lowest BCUT2D eigenvalue weighted by Gasteiger charge is -2.10. The molecule has 0 spiro atoms. The number of aryl methyl sites for hydroxylation is 1. The third-order valence-electron chi connectivity index (χ3n) is 3.37. The first kappa shape index (κ1) is 14.4. The lowest BCUT2D eigenvalue weighted by atomic mass is 10.1. The van der Waals surface area contributed by atoms with E-state index < -0.39 is 10.1 Å². The van der Waals surface area contributed by atoms with Crippen molar-refractivity contribution in [2.24, 2.45) is 0 Å². The van der Waals surface area contributed by atoms with E-state index in [4.69, 9.17) is 9.92 Å². The quantitative estimate of drug-likeness (QED) is 0.593. The van der Waals surface area contributed by atoms with Crippen LogP contribution in [0.1, 0.15) is 5.56 Å². The van der Waals surface area contributed by atoms with Crippen molar-refractivity contribution in [1.29, 1.82) is 0 Å². The fraction of sp³-hybridized carbons (Fsp3) is 0.0588. The van der Waals surface area contributed by atoms with Crippen LogP contribution < -0.4 is 9.92 Å². The monoisotopic (exact) mass is 313 g/mol. The molecule has 3 aromatic carbocycles. The zero-order chi connectivity index (χ0) is 15.7. The van der Waals surface area contributed by atoms with Crippen molar-refractivity contribution in [1.82, 2.24) is 0 Å². The molecule has 0 saturated carbocycles. The van der Waals surface area contributed by atoms with Crippen molar-refractivity contribution in [3.63, 3.8) is 0 Å². The first-order chi connectivity index (χ1) is 10.5. The number of rotatable bonds is 3. The number of anilines is 1. The Kier molecular flexibility index (Phi) is 3.50. The predicted octanol–water partition coefficient (Wildman–Crippen LogP) is 3.50. The summed E-state index contributed by atoms with van der Waals surface area (Å²) in [5.41, 5.74) is 7.35. The topological polar surface area (TPSA) is 69.4 Å². The summed E-state index contributed by atoms with van der Waals surface area (Å²) in [4.78, 5) is 0.130. The van der Waals surface area contributed by atoms with Gasteiger partial charge in [-0.25, -0.2) is 0 Å². The van der Waals surface area contributed by atoms with Gasteiger partial charge in [-0.05, 0) is 48.7 Å². The highest BCUT2D eigenvalue weighted by Gasteiger charge is 2.17. The molecule has 0 heterocycles. The highest BCUT2D eigenvalue weighted by molar-refractivity contribution is 7.87. The number of benzene rings is 3. The highest BCUT2D eigenvalue weighted by Crippen LogP contribution is 2.29. The van der Waals surface area contributed by atoms with E-state index in [1.165, 1.54) is 12.1 Å². The third kappa shape index (κ3) is 2.76. The lowest BCUT2D eigenvalue weighted by Crippen LogP contribution is -2.09. The second kappa shape index (κ2) is 5.35. The maximum Gasteiger partial charge on any atom is 0.339 e. The summed E-state index contributed by atoms with van der Waals surface area (Å²) < 4.78 is 30.1. The molecule has 0 amide bonds. The van der Waals surface area contributed by atoms with Crippen LogP contribution in [0.3, 0.4) is 0 Å². The molecule has 3 aromatic rings. The van der Waals surface area contributed by atoms with Gasteiger partial charge in [-0.2, -0.15) is 8.42 Å². The Hall–Kier alpha value is -2.53. The van der Waals surface area contributed by atoms with Gasteiger partial charge in [0.2, 0.25) is 0 Å². The van der Waals surface area contributed by atoms with Gasteiger partial charge in [0.25, 0.3) is 0 Å². The van der Waals surface area contributed by atoms with E-state index in [1.54, 1.807) is 42.5 Å². The normalized spacial score (nSPS) is 11.5. The van der Waals surface area contributed by atoms with Crippen LogP contribution in [0.4, 0.5) is 5.69 Å². The lowest BCUT2D eigenvalue weighted by molar-refractivity contribution is 0.488. The predicted molar refractivity (Wildman–Crippen MR) is 87.4 cm³/mol. The van der Waals surface area contributed by atoms with Gasteiger partial charge in [-0.3, -0.25) is 0 Å². The Morgan fingerprint density at radius 2 is 1.68 bits per heavy atom. The minimum atomic E-state index is -3.86. The van der Waals surface area contributed by atoms with Crippen molar-refractivity contribution in [2.75, 3.05) is 5.73 Å². The van der Waals surface area contributed by atoms with Crippen molar-refractivity contribution in [3.05, 3.63) is 66.2 Å². The van der Waals surface area contributed by atoms with E-state index >= 15 is 0 Å². The minimum absolute atomic E-state index is 0.130. The van der Waals surface area contributed by atoms with Crippen molar-refractivity contribution in [2.45, 2.75) is 11.8 Å². The van der Waals surface area contributed by atoms with Crippen LogP contribution in [-0.2, 0) is 10.1 Å². The standard InChI is InChI=1S/C17H15NO3S/c1-12-5-8-15(9-6-12)22(19,20)21-17-4-2-3-13-11-14(18)7-10-16(13)17/h2-11H,18H2,1H3. The zero-order valence-corrected chi connectivity index (χ0v) is 12.8. The second-order valence-corrected chi connectivity index (χ2v) is 6.63. The zero-order valence-electron chi connectivity index (χ0n) is 12.0. The van der Waals surface area contributed by atoms with E-state index in [0.717, 1.165) is 10.9 Å². The number of hydrogen-bond acceptors (Lipinski definition) is 4. The van der Waals surface area contributed by atoms with E-state index in [1.807, 2.05) is 13.0 Å². The summed E-state index contributed by atoms with van der Waals surface area (Å²) >= 11 is 0. The van der Waals surface area contributed by atoms with Gasteiger partial charge in [0.15, 0.2) is 5.75 Å². The molecule has 0 bridgehead atoms. The molecule has 0 unspecified atom stereocenters. The van der Waals surface area contributed by atoms with Gasteiger partial charge < -0.3 is 9.92 Å². The SMILES string of the molecule is Cc1ccc(S(=O)(=O)Oc2cccc3cc(N)ccc23)cc1. The summed E-state index contributed by atoms with van der Waals surface area (Å²) in [7, 11) is -3.86. The molecule has 0 aromatic heterocycles. The van der Waals surface area contributed by atoms with Gasteiger partial charge in [0.05, 0.1) is 0 Å². The maximum absolute atomic E-state index is 12.4. The van der Waals surface area contributed by atoms with Gasteiger partial charge in [-0.1, -0.05) is 29.8 Å². The van der Waals surface area contributed by atoms with Crippen LogP contribution in [0.2, 0.25) is 0 Å². The average molecular weight is 313 g/mol. The average Bonchev–Trinajstić information content (AvgIpc) is 2.47. The van der Waals surface area contributed by atoms with E-state index in [2.05, 4.69) is 0 Å². The Balaban J connectivity index is 2.04. The van der Waals surface area contributed by atoms with Crippen LogP contribution in [0.25, 0.3) is 10.8 Å². The van der Waals surface area contributed by atoms with Crippen LogP contribution in [-0.4, -0.2) is 8.42 Å². The first-order valence-electron chi connectivity index (χ1n) is 6.75. The Morgan fingerprint density at radius 1 is 0.955 bits per heavy atom. The maximum atomic E-state index is 12.4. The van der Waals surface area contributed by atoms with Gasteiger partial charge >= 0.3 is 10.1 Å². The molecule has 5 heteroatoms. The van der Waals surface area contributed by atoms with Crippen molar-refractivity contribution in [3.8, 4) is 5.75 Å². The molecular formula is C17H15NO3S. The first-order valence-corrected chi connectivity index (χ1v) is 8.16. The molecule has 0 aliphatic heterocycles. The van der Waals surface area contributed by atoms with E-state index in [0.29, 0.717) is 11.1 Å². The second-order valence-electron chi connectivity index (χ2n) is 5.09. The number of nitrogen functional groups attached to an aromatic ring is 1. The molecule has 0 atom stereocenters. The molecule has 0 radical (unpaired) electrons. The van der Waals surface area contributed by atoms with Gasteiger partial charge in [-0.15, -0.1) is 0 Å². The largest absolute Gasteiger partial charge is 0.399 e. The molecule has 4 nitrogen and oxygen atoms in total. The van der Waals surface area contributed by atoms with Crippen molar-refractivity contribution >= 4 is 26.6 Å². The van der Waals surface area contributed by atoms with Crippen LogP contribution in [0, 0.1) is 6.92 Å². The summed E-state index contributed by atoms with van der Waals surface area (Å²) in [5, 5.41) is 1.53. The fourth-order valence-electron chi connectivity index (χ4n) is 2.22. The van der Waals surface area contributed by atoms with Gasteiger partial charge in [0.1, 0.15) is 4.90 Å². The summed E-state index contributed by atoms with van der Waals surface area (Å²) in [6.07, 6.45) is 0. The van der Waals surface area contributed by atoms with Crippen LogP contribution >= 0.6 is 0 Å². The molecule has 112 valence electrons. The smallest absolute Gasteiger partial charge is 0.339 e. The number of fused-ring (bicyclic) bond motifs is 1. The molecular weight excluding hydrogens is 298 g/mol. The molecule has 3 rings (SSSR count). The highest BCUT2D eigenvalue weighted by atomic mass is 32.2. The molecule has 0 fully saturated rings. The minimum Gasteiger partial charge on any atom is -0.399 e. The molecule has 0 saturated heterocycles. The number of hydrogen-bond donors (Lipinski definition) is 1. The number of nitrogens with two attached hydrogens (primary N) is 1. The molecule has 0 aliphatic carbocycles. The summed E-state index contributed by atoms with van der Waals surface area (Å²) in [5.74, 6) is 0.290. The van der Waals surface area contributed by atoms with Crippen LogP contribution in [0.15, 0.2) is 65.6 Å². The fourth-order valence-corrected chi connectivity index (χ4v) is 3.16. The Labute approximate surface area is 129 Å². The van der Waals surface area contributed by atoms with E-state index in [-0.39, 0.29) is 10.6 Å².